The molecule has 0 aliphatic carbocycles. The quantitative estimate of drug-likeness (QED) is 0.560. The van der Waals surface area contributed by atoms with Gasteiger partial charge in [-0.1, -0.05) is 19.9 Å². The number of ether oxygens (including phenoxy) is 3. The number of aryl methyl sites for hydroxylation is 1. The lowest BCUT2D eigenvalue weighted by Crippen LogP contribution is -2.36. The van der Waals surface area contributed by atoms with Gasteiger partial charge in [-0.05, 0) is 56.1 Å². The van der Waals surface area contributed by atoms with Crippen LogP contribution in [0.2, 0.25) is 0 Å². The van der Waals surface area contributed by atoms with Crippen LogP contribution in [0.4, 0.5) is 0 Å². The third-order valence-corrected chi connectivity index (χ3v) is 4.61. The van der Waals surface area contributed by atoms with Gasteiger partial charge in [-0.25, -0.2) is 4.79 Å². The van der Waals surface area contributed by atoms with Crippen molar-refractivity contribution in [3.8, 4) is 11.5 Å². The number of carbonyl (C=O) groups excluding carboxylic acids is 1. The van der Waals surface area contributed by atoms with Crippen LogP contribution in [0.25, 0.3) is 10.8 Å². The zero-order valence-electron chi connectivity index (χ0n) is 15.9. The van der Waals surface area contributed by atoms with Crippen molar-refractivity contribution >= 4 is 16.7 Å². The number of benzene rings is 2. The molecule has 0 aromatic heterocycles. The first-order valence-corrected chi connectivity index (χ1v) is 8.57. The average molecular weight is 345 g/mol. The minimum Gasteiger partial charge on any atom is -0.497 e. The second kappa shape index (κ2) is 8.21. The molecule has 5 nitrogen and oxygen atoms in total. The summed E-state index contributed by atoms with van der Waals surface area (Å²) in [7, 11) is 3.02. The van der Waals surface area contributed by atoms with Gasteiger partial charge in [0.15, 0.2) is 0 Å². The Hall–Kier alpha value is -2.27. The maximum absolute atomic E-state index is 12.2. The Labute approximate surface area is 149 Å². The van der Waals surface area contributed by atoms with Crippen LogP contribution < -0.4 is 9.47 Å². The van der Waals surface area contributed by atoms with Crippen molar-refractivity contribution < 1.29 is 19.0 Å². The Morgan fingerprint density at radius 2 is 1.80 bits per heavy atom. The van der Waals surface area contributed by atoms with Crippen molar-refractivity contribution in [2.45, 2.75) is 33.9 Å². The molecule has 0 amide bonds. The molecule has 136 valence electrons. The van der Waals surface area contributed by atoms with E-state index in [1.165, 1.54) is 7.11 Å². The first-order chi connectivity index (χ1) is 12.0. The molecule has 0 N–H and O–H groups in total. The number of nitrogens with zero attached hydrogens (tertiary/aromatic N) is 1. The van der Waals surface area contributed by atoms with E-state index in [4.69, 9.17) is 14.2 Å². The molecule has 0 heterocycles. The highest BCUT2D eigenvalue weighted by Crippen LogP contribution is 2.35. The van der Waals surface area contributed by atoms with Gasteiger partial charge in [0.05, 0.1) is 19.8 Å². The number of methoxy groups -OCH3 is 2. The van der Waals surface area contributed by atoms with Crippen LogP contribution >= 0.6 is 0 Å². The van der Waals surface area contributed by atoms with Crippen LogP contribution in [0.15, 0.2) is 24.3 Å². The van der Waals surface area contributed by atoms with Gasteiger partial charge in [0.25, 0.3) is 0 Å². The normalized spacial score (nSPS) is 12.3. The minimum atomic E-state index is -0.365. The summed E-state index contributed by atoms with van der Waals surface area (Å²) in [5.74, 6) is 1.04. The topological polar surface area (TPSA) is 48.0 Å². The summed E-state index contributed by atoms with van der Waals surface area (Å²) in [5, 5.41) is 1.87. The Balaban J connectivity index is 2.62. The third-order valence-electron chi connectivity index (χ3n) is 4.61. The molecular weight excluding hydrogens is 318 g/mol. The van der Waals surface area contributed by atoms with Crippen LogP contribution in [0.3, 0.4) is 0 Å². The number of esters is 1. The van der Waals surface area contributed by atoms with Gasteiger partial charge in [0.2, 0.25) is 0 Å². The predicted molar refractivity (Wildman–Crippen MR) is 99.6 cm³/mol. The lowest BCUT2D eigenvalue weighted by Gasteiger charge is -2.28. The average Bonchev–Trinajstić information content (AvgIpc) is 2.63. The largest absolute Gasteiger partial charge is 0.497 e. The number of fused-ring (bicyclic) bond motifs is 1. The lowest BCUT2D eigenvalue weighted by atomic mass is 9.98. The SMILES string of the molecule is CCN(CC)C(C)Oc1cc(C(=O)OC)c(C)c2ccc(OC)cc12. The Bertz CT molecular complexity index is 753. The van der Waals surface area contributed by atoms with E-state index < -0.39 is 0 Å². The molecule has 0 saturated carbocycles. The van der Waals surface area contributed by atoms with Crippen molar-refractivity contribution in [2.75, 3.05) is 27.3 Å². The van der Waals surface area contributed by atoms with E-state index in [-0.39, 0.29) is 12.2 Å². The molecule has 2 aromatic rings. The maximum Gasteiger partial charge on any atom is 0.338 e. The summed E-state index contributed by atoms with van der Waals surface area (Å²) in [6.07, 6.45) is -0.113. The van der Waals surface area contributed by atoms with E-state index in [1.54, 1.807) is 13.2 Å². The lowest BCUT2D eigenvalue weighted by molar-refractivity contribution is 0.0486. The fourth-order valence-corrected chi connectivity index (χ4v) is 3.06. The fraction of sp³-hybridized carbons (Fsp3) is 0.450. The zero-order chi connectivity index (χ0) is 18.6. The smallest absolute Gasteiger partial charge is 0.338 e. The molecule has 0 saturated heterocycles. The highest BCUT2D eigenvalue weighted by molar-refractivity contribution is 6.01. The number of rotatable bonds is 7. The summed E-state index contributed by atoms with van der Waals surface area (Å²) in [6.45, 7) is 9.89. The summed E-state index contributed by atoms with van der Waals surface area (Å²) in [4.78, 5) is 14.4. The molecular formula is C20H27NO4. The van der Waals surface area contributed by atoms with Crippen molar-refractivity contribution in [3.63, 3.8) is 0 Å². The molecule has 2 aromatic carbocycles. The Kier molecular flexibility index (Phi) is 6.26. The summed E-state index contributed by atoms with van der Waals surface area (Å²) < 4.78 is 16.5. The summed E-state index contributed by atoms with van der Waals surface area (Å²) in [5.41, 5.74) is 1.38. The number of hydrogen-bond acceptors (Lipinski definition) is 5. The minimum absolute atomic E-state index is 0.113. The molecule has 0 aliphatic heterocycles. The molecule has 1 atom stereocenters. The molecule has 1 unspecified atom stereocenters. The van der Waals surface area contributed by atoms with Crippen molar-refractivity contribution in [1.29, 1.82) is 0 Å². The fourth-order valence-electron chi connectivity index (χ4n) is 3.06. The number of carbonyl (C=O) groups is 1. The third kappa shape index (κ3) is 3.87. The molecule has 0 radical (unpaired) electrons. The van der Waals surface area contributed by atoms with E-state index in [0.717, 1.165) is 35.2 Å². The highest BCUT2D eigenvalue weighted by atomic mass is 16.5. The van der Waals surface area contributed by atoms with E-state index in [9.17, 15) is 4.79 Å². The van der Waals surface area contributed by atoms with Gasteiger partial charge in [-0.3, -0.25) is 4.90 Å². The van der Waals surface area contributed by atoms with E-state index in [1.807, 2.05) is 32.0 Å². The van der Waals surface area contributed by atoms with E-state index >= 15 is 0 Å². The first kappa shape index (κ1) is 19.1. The van der Waals surface area contributed by atoms with Crippen molar-refractivity contribution in [2.24, 2.45) is 0 Å². The highest BCUT2D eigenvalue weighted by Gasteiger charge is 2.19. The Morgan fingerprint density at radius 3 is 2.36 bits per heavy atom. The maximum atomic E-state index is 12.2. The van der Waals surface area contributed by atoms with Crippen molar-refractivity contribution in [1.82, 2.24) is 4.90 Å². The number of hydrogen-bond donors (Lipinski definition) is 0. The van der Waals surface area contributed by atoms with Crippen LogP contribution in [0.5, 0.6) is 11.5 Å². The second-order valence-corrected chi connectivity index (χ2v) is 5.89. The summed E-state index contributed by atoms with van der Waals surface area (Å²) >= 11 is 0. The van der Waals surface area contributed by atoms with Gasteiger partial charge < -0.3 is 14.2 Å². The van der Waals surface area contributed by atoms with Gasteiger partial charge >= 0.3 is 5.97 Å². The van der Waals surface area contributed by atoms with Crippen LogP contribution in [0, 0.1) is 6.92 Å². The first-order valence-electron chi connectivity index (χ1n) is 8.57. The van der Waals surface area contributed by atoms with Gasteiger partial charge in [0, 0.05) is 5.39 Å². The van der Waals surface area contributed by atoms with Crippen LogP contribution in [-0.4, -0.2) is 44.4 Å². The van der Waals surface area contributed by atoms with Crippen LogP contribution in [0.1, 0.15) is 36.7 Å². The molecule has 25 heavy (non-hydrogen) atoms. The monoisotopic (exact) mass is 345 g/mol. The van der Waals surface area contributed by atoms with Crippen LogP contribution in [-0.2, 0) is 4.74 Å². The van der Waals surface area contributed by atoms with Gasteiger partial charge in [-0.15, -0.1) is 0 Å². The van der Waals surface area contributed by atoms with E-state index in [2.05, 4.69) is 18.7 Å². The standard InChI is InChI=1S/C20H27NO4/c1-7-21(8-2)14(4)25-19-12-17(20(22)24-6)13(3)16-10-9-15(23-5)11-18(16)19/h9-12,14H,7-8H2,1-6H3. The predicted octanol–water partition coefficient (Wildman–Crippen LogP) is 4.01. The Morgan fingerprint density at radius 1 is 1.12 bits per heavy atom. The zero-order valence-corrected chi connectivity index (χ0v) is 15.9. The summed E-state index contributed by atoms with van der Waals surface area (Å²) in [6, 6.07) is 7.54. The molecule has 2 rings (SSSR count). The molecule has 5 heteroatoms. The molecule has 0 aliphatic rings. The van der Waals surface area contributed by atoms with Gasteiger partial charge in [-0.2, -0.15) is 0 Å². The molecule has 0 spiro atoms. The van der Waals surface area contributed by atoms with Crippen molar-refractivity contribution in [3.05, 3.63) is 35.4 Å². The van der Waals surface area contributed by atoms with E-state index in [0.29, 0.717) is 11.3 Å². The second-order valence-electron chi connectivity index (χ2n) is 5.89. The van der Waals surface area contributed by atoms with Gasteiger partial charge in [0.1, 0.15) is 17.7 Å². The molecule has 0 bridgehead atoms. The molecule has 0 fully saturated rings.